The minimum Gasteiger partial charge on any atom is -0.379 e. The molecule has 2 fully saturated rings. The largest absolute Gasteiger partial charge is 0.379 e. The van der Waals surface area contributed by atoms with Gasteiger partial charge < -0.3 is 14.5 Å². The van der Waals surface area contributed by atoms with Crippen molar-refractivity contribution in [3.05, 3.63) is 22.4 Å². The number of hydrogen-bond donors (Lipinski definition) is 0. The molecular formula is C16H24N2O2S. The quantitative estimate of drug-likeness (QED) is 0.840. The zero-order valence-corrected chi connectivity index (χ0v) is 13.5. The molecule has 2 saturated heterocycles. The standard InChI is InChI=1S/C16H24N2O2S/c1-2-17-8-9-20-13-16(11-17)6-4-7-18(12-16)15(19)14-5-3-10-21-14/h3,5,10H,2,4,6-9,11-13H2,1H3/t16-/m0/s1. The zero-order valence-electron chi connectivity index (χ0n) is 12.7. The van der Waals surface area contributed by atoms with Crippen molar-refractivity contribution in [1.29, 1.82) is 0 Å². The molecule has 116 valence electrons. The van der Waals surface area contributed by atoms with Crippen LogP contribution in [0.5, 0.6) is 0 Å². The van der Waals surface area contributed by atoms with Crippen molar-refractivity contribution in [3.8, 4) is 0 Å². The summed E-state index contributed by atoms with van der Waals surface area (Å²) in [7, 11) is 0. The van der Waals surface area contributed by atoms with Crippen LogP contribution in [0.1, 0.15) is 29.4 Å². The molecule has 1 aromatic rings. The van der Waals surface area contributed by atoms with Crippen molar-refractivity contribution in [2.75, 3.05) is 45.9 Å². The number of piperidine rings is 1. The van der Waals surface area contributed by atoms with E-state index in [2.05, 4.69) is 11.8 Å². The van der Waals surface area contributed by atoms with Crippen LogP contribution >= 0.6 is 11.3 Å². The Morgan fingerprint density at radius 2 is 2.33 bits per heavy atom. The van der Waals surface area contributed by atoms with Gasteiger partial charge in [0.1, 0.15) is 0 Å². The van der Waals surface area contributed by atoms with Crippen LogP contribution in [0.15, 0.2) is 17.5 Å². The lowest BCUT2D eigenvalue weighted by Crippen LogP contribution is -2.52. The van der Waals surface area contributed by atoms with Crippen LogP contribution in [0.3, 0.4) is 0 Å². The highest BCUT2D eigenvalue weighted by molar-refractivity contribution is 7.12. The Labute approximate surface area is 130 Å². The van der Waals surface area contributed by atoms with Gasteiger partial charge in [-0.3, -0.25) is 4.79 Å². The number of amides is 1. The molecule has 0 unspecified atom stereocenters. The SMILES string of the molecule is CCN1CCOC[C@@]2(CCCN(C(=O)c3cccs3)C2)C1. The third-order valence-electron chi connectivity index (χ3n) is 4.65. The summed E-state index contributed by atoms with van der Waals surface area (Å²) in [6.07, 6.45) is 2.25. The average molecular weight is 308 g/mol. The van der Waals surface area contributed by atoms with Gasteiger partial charge >= 0.3 is 0 Å². The molecule has 0 aliphatic carbocycles. The molecule has 2 aliphatic rings. The first-order valence-corrected chi connectivity index (χ1v) is 8.73. The van der Waals surface area contributed by atoms with Gasteiger partial charge in [-0.05, 0) is 30.8 Å². The number of carbonyl (C=O) groups is 1. The minimum atomic E-state index is 0.123. The summed E-state index contributed by atoms with van der Waals surface area (Å²) < 4.78 is 5.86. The number of thiophene rings is 1. The lowest BCUT2D eigenvalue weighted by atomic mass is 9.80. The predicted octanol–water partition coefficient (Wildman–Crippen LogP) is 2.32. The van der Waals surface area contributed by atoms with Crippen molar-refractivity contribution in [3.63, 3.8) is 0 Å². The van der Waals surface area contributed by atoms with Gasteiger partial charge in [-0.15, -0.1) is 11.3 Å². The Hall–Kier alpha value is -0.910. The summed E-state index contributed by atoms with van der Waals surface area (Å²) in [4.78, 5) is 18.0. The van der Waals surface area contributed by atoms with Gasteiger partial charge in [-0.2, -0.15) is 0 Å². The van der Waals surface area contributed by atoms with Gasteiger partial charge in [-0.1, -0.05) is 13.0 Å². The summed E-state index contributed by atoms with van der Waals surface area (Å²) in [5, 5.41) is 1.97. The molecule has 1 spiro atoms. The smallest absolute Gasteiger partial charge is 0.263 e. The van der Waals surface area contributed by atoms with E-state index in [0.29, 0.717) is 0 Å². The van der Waals surface area contributed by atoms with Crippen LogP contribution < -0.4 is 0 Å². The molecule has 0 saturated carbocycles. The van der Waals surface area contributed by atoms with Gasteiger partial charge in [0.2, 0.25) is 0 Å². The molecule has 1 amide bonds. The second-order valence-electron chi connectivity index (χ2n) is 6.23. The van der Waals surface area contributed by atoms with E-state index in [1.54, 1.807) is 0 Å². The maximum absolute atomic E-state index is 12.6. The van der Waals surface area contributed by atoms with E-state index >= 15 is 0 Å². The molecular weight excluding hydrogens is 284 g/mol. The second-order valence-corrected chi connectivity index (χ2v) is 7.18. The topological polar surface area (TPSA) is 32.8 Å². The van der Waals surface area contributed by atoms with E-state index in [-0.39, 0.29) is 11.3 Å². The Bertz CT molecular complexity index is 477. The first-order chi connectivity index (χ1) is 10.2. The van der Waals surface area contributed by atoms with Gasteiger partial charge in [0.25, 0.3) is 5.91 Å². The normalized spacial score (nSPS) is 27.8. The molecule has 4 nitrogen and oxygen atoms in total. The van der Waals surface area contributed by atoms with Crippen molar-refractivity contribution in [2.45, 2.75) is 19.8 Å². The molecule has 2 aliphatic heterocycles. The number of nitrogens with zero attached hydrogens (tertiary/aromatic N) is 2. The van der Waals surface area contributed by atoms with Crippen LogP contribution in [0, 0.1) is 5.41 Å². The molecule has 3 rings (SSSR count). The Morgan fingerprint density at radius 1 is 1.43 bits per heavy atom. The van der Waals surface area contributed by atoms with E-state index in [9.17, 15) is 4.79 Å². The summed E-state index contributed by atoms with van der Waals surface area (Å²) in [5.74, 6) is 0.191. The van der Waals surface area contributed by atoms with Crippen LogP contribution in [0.4, 0.5) is 0 Å². The van der Waals surface area contributed by atoms with Gasteiger partial charge in [-0.25, -0.2) is 0 Å². The molecule has 21 heavy (non-hydrogen) atoms. The summed E-state index contributed by atoms with van der Waals surface area (Å²) in [6, 6.07) is 3.88. The summed E-state index contributed by atoms with van der Waals surface area (Å²) in [5.41, 5.74) is 0.123. The fourth-order valence-electron chi connectivity index (χ4n) is 3.54. The van der Waals surface area contributed by atoms with Crippen LogP contribution in [0.2, 0.25) is 0 Å². The number of likely N-dealkylation sites (N-methyl/N-ethyl adjacent to an activating group) is 1. The fraction of sp³-hybridized carbons (Fsp3) is 0.688. The Balaban J connectivity index is 1.73. The van der Waals surface area contributed by atoms with Gasteiger partial charge in [0, 0.05) is 31.6 Å². The maximum Gasteiger partial charge on any atom is 0.263 e. The monoisotopic (exact) mass is 308 g/mol. The Morgan fingerprint density at radius 3 is 3.10 bits per heavy atom. The predicted molar refractivity (Wildman–Crippen MR) is 84.8 cm³/mol. The zero-order chi connectivity index (χ0) is 14.7. The number of ether oxygens (including phenoxy) is 1. The third-order valence-corrected chi connectivity index (χ3v) is 5.50. The maximum atomic E-state index is 12.6. The average Bonchev–Trinajstić information content (AvgIpc) is 2.97. The van der Waals surface area contributed by atoms with Crippen molar-refractivity contribution >= 4 is 17.2 Å². The van der Waals surface area contributed by atoms with Crippen molar-refractivity contribution in [2.24, 2.45) is 5.41 Å². The highest BCUT2D eigenvalue weighted by Gasteiger charge is 2.40. The lowest BCUT2D eigenvalue weighted by Gasteiger charge is -2.43. The molecule has 0 aromatic carbocycles. The molecule has 0 N–H and O–H groups in total. The molecule has 3 heterocycles. The number of carbonyl (C=O) groups excluding carboxylic acids is 1. The minimum absolute atomic E-state index is 0.123. The highest BCUT2D eigenvalue weighted by atomic mass is 32.1. The van der Waals surface area contributed by atoms with E-state index in [1.807, 2.05) is 22.4 Å². The van der Waals surface area contributed by atoms with E-state index in [4.69, 9.17) is 4.74 Å². The number of hydrogen-bond acceptors (Lipinski definition) is 4. The first-order valence-electron chi connectivity index (χ1n) is 7.85. The van der Waals surface area contributed by atoms with Crippen LogP contribution in [-0.4, -0.2) is 61.6 Å². The van der Waals surface area contributed by atoms with Crippen molar-refractivity contribution in [1.82, 2.24) is 9.80 Å². The van der Waals surface area contributed by atoms with E-state index < -0.39 is 0 Å². The molecule has 1 atom stereocenters. The molecule has 0 bridgehead atoms. The molecule has 5 heteroatoms. The highest BCUT2D eigenvalue weighted by Crippen LogP contribution is 2.33. The fourth-order valence-corrected chi connectivity index (χ4v) is 4.23. The molecule has 1 aromatic heterocycles. The number of rotatable bonds is 2. The van der Waals surface area contributed by atoms with Gasteiger partial charge in [0.05, 0.1) is 18.1 Å². The molecule has 0 radical (unpaired) electrons. The van der Waals surface area contributed by atoms with Crippen LogP contribution in [-0.2, 0) is 4.74 Å². The summed E-state index contributed by atoms with van der Waals surface area (Å²) in [6.45, 7) is 8.65. The third kappa shape index (κ3) is 3.30. The van der Waals surface area contributed by atoms with E-state index in [1.165, 1.54) is 11.3 Å². The lowest BCUT2D eigenvalue weighted by molar-refractivity contribution is 0.00787. The van der Waals surface area contributed by atoms with E-state index in [0.717, 1.165) is 63.7 Å². The number of likely N-dealkylation sites (tertiary alicyclic amines) is 1. The van der Waals surface area contributed by atoms with Crippen LogP contribution in [0.25, 0.3) is 0 Å². The van der Waals surface area contributed by atoms with Crippen molar-refractivity contribution < 1.29 is 9.53 Å². The second kappa shape index (κ2) is 6.46. The van der Waals surface area contributed by atoms with Gasteiger partial charge in [0.15, 0.2) is 0 Å². The Kier molecular flexibility index (Phi) is 4.62. The first kappa shape index (κ1) is 15.0. The summed E-state index contributed by atoms with van der Waals surface area (Å²) >= 11 is 1.54.